The van der Waals surface area contributed by atoms with E-state index < -0.39 is 0 Å². The molecule has 0 atom stereocenters. The Morgan fingerprint density at radius 1 is 0.917 bits per heavy atom. The lowest BCUT2D eigenvalue weighted by atomic mass is 9.99. The van der Waals surface area contributed by atoms with Crippen LogP contribution in [0.1, 0.15) is 46.5 Å². The molecule has 0 aliphatic heterocycles. The fourth-order valence-electron chi connectivity index (χ4n) is 1.19. The molecule has 0 N–H and O–H groups in total. The Bertz CT molecular complexity index is 127. The molecule has 0 saturated heterocycles. The Labute approximate surface area is 77.4 Å². The number of rotatable bonds is 6. The van der Waals surface area contributed by atoms with E-state index in [-0.39, 0.29) is 0 Å². The molecule has 70 valence electrons. The van der Waals surface area contributed by atoms with Crippen molar-refractivity contribution in [2.24, 2.45) is 5.92 Å². The first kappa shape index (κ1) is 11.5. The summed E-state index contributed by atoms with van der Waals surface area (Å²) >= 11 is 0. The quantitative estimate of drug-likeness (QED) is 0.515. The minimum absolute atomic E-state index is 0.885. The van der Waals surface area contributed by atoms with Gasteiger partial charge in [-0.1, -0.05) is 57.9 Å². The first-order valence-corrected chi connectivity index (χ1v) is 5.16. The molecule has 12 heavy (non-hydrogen) atoms. The zero-order valence-electron chi connectivity index (χ0n) is 8.72. The Balaban J connectivity index is 3.50. The van der Waals surface area contributed by atoms with Gasteiger partial charge in [-0.3, -0.25) is 0 Å². The van der Waals surface area contributed by atoms with Crippen molar-refractivity contribution in [3.8, 4) is 0 Å². The number of hydrogen-bond acceptors (Lipinski definition) is 0. The minimum atomic E-state index is 0.885. The highest BCUT2D eigenvalue weighted by atomic mass is 14.0. The molecule has 0 heterocycles. The average molecular weight is 166 g/mol. The van der Waals surface area contributed by atoms with Gasteiger partial charge >= 0.3 is 0 Å². The molecule has 0 heteroatoms. The summed E-state index contributed by atoms with van der Waals surface area (Å²) in [4.78, 5) is 0. The molecular weight excluding hydrogens is 144 g/mol. The average Bonchev–Trinajstić information content (AvgIpc) is 2.11. The van der Waals surface area contributed by atoms with E-state index in [9.17, 15) is 0 Å². The molecule has 0 saturated carbocycles. The van der Waals surface area contributed by atoms with Crippen molar-refractivity contribution in [3.63, 3.8) is 0 Å². The highest BCUT2D eigenvalue weighted by Crippen LogP contribution is 2.12. The summed E-state index contributed by atoms with van der Waals surface area (Å²) in [6.07, 6.45) is 13.8. The van der Waals surface area contributed by atoms with Gasteiger partial charge in [0.15, 0.2) is 0 Å². The lowest BCUT2D eigenvalue weighted by Crippen LogP contribution is -1.93. The van der Waals surface area contributed by atoms with Gasteiger partial charge in [-0.2, -0.15) is 0 Å². The van der Waals surface area contributed by atoms with E-state index in [4.69, 9.17) is 0 Å². The topological polar surface area (TPSA) is 0 Å². The third-order valence-electron chi connectivity index (χ3n) is 2.24. The highest BCUT2D eigenvalue weighted by molar-refractivity contribution is 5.02. The second kappa shape index (κ2) is 8.58. The molecule has 0 bridgehead atoms. The molecule has 0 spiro atoms. The first-order valence-electron chi connectivity index (χ1n) is 5.16. The van der Waals surface area contributed by atoms with Crippen LogP contribution in [0, 0.1) is 5.92 Å². The van der Waals surface area contributed by atoms with E-state index in [1.54, 1.807) is 0 Å². The first-order chi connectivity index (χ1) is 5.85. The molecule has 0 aromatic heterocycles. The number of hydrogen-bond donors (Lipinski definition) is 0. The van der Waals surface area contributed by atoms with Crippen molar-refractivity contribution < 1.29 is 0 Å². The highest BCUT2D eigenvalue weighted by Gasteiger charge is 1.98. The van der Waals surface area contributed by atoms with E-state index in [0.29, 0.717) is 0 Å². The van der Waals surface area contributed by atoms with Crippen molar-refractivity contribution in [1.82, 2.24) is 0 Å². The van der Waals surface area contributed by atoms with E-state index in [2.05, 4.69) is 45.1 Å². The maximum atomic E-state index is 2.28. The minimum Gasteiger partial charge on any atom is -0.0848 e. The molecule has 0 unspecified atom stereocenters. The lowest BCUT2D eigenvalue weighted by Gasteiger charge is -2.06. The van der Waals surface area contributed by atoms with Gasteiger partial charge in [0.2, 0.25) is 0 Å². The van der Waals surface area contributed by atoms with Gasteiger partial charge in [0.25, 0.3) is 0 Å². The van der Waals surface area contributed by atoms with Crippen LogP contribution in [0.25, 0.3) is 0 Å². The van der Waals surface area contributed by atoms with Crippen LogP contribution in [0.15, 0.2) is 24.3 Å². The van der Waals surface area contributed by atoms with E-state index in [1.165, 1.54) is 19.3 Å². The van der Waals surface area contributed by atoms with E-state index in [0.717, 1.165) is 12.3 Å². The van der Waals surface area contributed by atoms with Crippen molar-refractivity contribution in [3.05, 3.63) is 24.3 Å². The second-order valence-electron chi connectivity index (χ2n) is 3.18. The van der Waals surface area contributed by atoms with Crippen molar-refractivity contribution in [2.75, 3.05) is 0 Å². The summed E-state index contributed by atoms with van der Waals surface area (Å²) in [5.74, 6) is 0.885. The van der Waals surface area contributed by atoms with Gasteiger partial charge < -0.3 is 0 Å². The fraction of sp³-hybridized carbons (Fsp3) is 0.667. The summed E-state index contributed by atoms with van der Waals surface area (Å²) in [5, 5.41) is 0. The summed E-state index contributed by atoms with van der Waals surface area (Å²) in [5.41, 5.74) is 0. The SMILES string of the molecule is CCC=CC=CCC(CC)CC. The molecule has 0 aromatic rings. The molecule has 0 fully saturated rings. The standard InChI is InChI=1S/C12H22/c1-4-7-8-9-10-11-12(5-2)6-3/h7-10,12H,4-6,11H2,1-3H3. The monoisotopic (exact) mass is 166 g/mol. The molecule has 0 aromatic carbocycles. The predicted octanol–water partition coefficient (Wildman–Crippen LogP) is 4.34. The maximum absolute atomic E-state index is 2.28. The Hall–Kier alpha value is -0.520. The van der Waals surface area contributed by atoms with Crippen LogP contribution in [0.3, 0.4) is 0 Å². The third kappa shape index (κ3) is 6.21. The molecule has 0 radical (unpaired) electrons. The van der Waals surface area contributed by atoms with Gasteiger partial charge in [-0.05, 0) is 18.8 Å². The van der Waals surface area contributed by atoms with Gasteiger partial charge in [0, 0.05) is 0 Å². The molecule has 0 nitrogen and oxygen atoms in total. The van der Waals surface area contributed by atoms with Gasteiger partial charge in [-0.25, -0.2) is 0 Å². The summed E-state index contributed by atoms with van der Waals surface area (Å²) in [7, 11) is 0. The van der Waals surface area contributed by atoms with Crippen LogP contribution >= 0.6 is 0 Å². The third-order valence-corrected chi connectivity index (χ3v) is 2.24. The molecule has 0 aliphatic carbocycles. The smallest absolute Gasteiger partial charge is 0.0319 e. The van der Waals surface area contributed by atoms with Crippen molar-refractivity contribution in [2.45, 2.75) is 46.5 Å². The molecule has 0 amide bonds. The van der Waals surface area contributed by atoms with Gasteiger partial charge in [0.05, 0.1) is 0 Å². The zero-order valence-corrected chi connectivity index (χ0v) is 8.72. The Morgan fingerprint density at radius 2 is 1.50 bits per heavy atom. The van der Waals surface area contributed by atoms with Crippen LogP contribution in [0.5, 0.6) is 0 Å². The summed E-state index contributed by atoms with van der Waals surface area (Å²) in [6.45, 7) is 6.69. The van der Waals surface area contributed by atoms with Crippen molar-refractivity contribution in [1.29, 1.82) is 0 Å². The zero-order chi connectivity index (χ0) is 9.23. The van der Waals surface area contributed by atoms with Crippen LogP contribution in [0.2, 0.25) is 0 Å². The maximum Gasteiger partial charge on any atom is -0.0319 e. The fourth-order valence-corrected chi connectivity index (χ4v) is 1.19. The molecular formula is C12H22. The van der Waals surface area contributed by atoms with Crippen LogP contribution in [-0.4, -0.2) is 0 Å². The molecule has 0 rings (SSSR count). The lowest BCUT2D eigenvalue weighted by molar-refractivity contribution is 0.500. The van der Waals surface area contributed by atoms with E-state index >= 15 is 0 Å². The molecule has 0 aliphatic rings. The van der Waals surface area contributed by atoms with Gasteiger partial charge in [0.1, 0.15) is 0 Å². The van der Waals surface area contributed by atoms with Crippen molar-refractivity contribution >= 4 is 0 Å². The number of allylic oxidation sites excluding steroid dienone is 4. The van der Waals surface area contributed by atoms with Crippen LogP contribution < -0.4 is 0 Å². The second-order valence-corrected chi connectivity index (χ2v) is 3.18. The Morgan fingerprint density at radius 3 is 2.00 bits per heavy atom. The predicted molar refractivity (Wildman–Crippen MR) is 57.3 cm³/mol. The summed E-state index contributed by atoms with van der Waals surface area (Å²) in [6, 6.07) is 0. The van der Waals surface area contributed by atoms with Crippen LogP contribution in [0.4, 0.5) is 0 Å². The largest absolute Gasteiger partial charge is 0.0848 e. The van der Waals surface area contributed by atoms with Gasteiger partial charge in [-0.15, -0.1) is 0 Å². The normalized spacial score (nSPS) is 12.3. The van der Waals surface area contributed by atoms with E-state index in [1.807, 2.05) is 0 Å². The summed E-state index contributed by atoms with van der Waals surface area (Å²) < 4.78 is 0. The Kier molecular flexibility index (Phi) is 8.20. The van der Waals surface area contributed by atoms with Crippen LogP contribution in [-0.2, 0) is 0 Å².